The van der Waals surface area contributed by atoms with Crippen molar-refractivity contribution < 1.29 is 26.3 Å². The third kappa shape index (κ3) is 17.4. The van der Waals surface area contributed by atoms with Crippen molar-refractivity contribution in [1.29, 1.82) is 0 Å². The van der Waals surface area contributed by atoms with Gasteiger partial charge in [0.25, 0.3) is 0 Å². The Balaban J connectivity index is -0.000000251. The Kier molecular flexibility index (Phi) is 15.4. The molecule has 0 heterocycles. The summed E-state index contributed by atoms with van der Waals surface area (Å²) < 4.78 is 34.3. The van der Waals surface area contributed by atoms with Gasteiger partial charge in [-0.25, -0.2) is 13.2 Å². The van der Waals surface area contributed by atoms with Gasteiger partial charge >= 0.3 is 16.4 Å². The third-order valence-corrected chi connectivity index (χ3v) is 2.17. The number of hydrogen-bond acceptors (Lipinski definition) is 7. The first-order chi connectivity index (χ1) is 7.79. The first-order valence-electron chi connectivity index (χ1n) is 5.15. The highest BCUT2D eigenvalue weighted by Gasteiger charge is 2.11. The Labute approximate surface area is 109 Å². The molecule has 3 N–H and O–H groups in total. The lowest BCUT2D eigenvalue weighted by Crippen LogP contribution is -2.14. The molecule has 0 spiro atoms. The van der Waals surface area contributed by atoms with E-state index >= 15 is 0 Å². The molecule has 0 rings (SSSR count). The Hall–Kier alpha value is -0.960. The van der Waals surface area contributed by atoms with Gasteiger partial charge in [-0.3, -0.25) is 0 Å². The van der Waals surface area contributed by atoms with Crippen LogP contribution in [0.3, 0.4) is 0 Å². The molecule has 0 bridgehead atoms. The molecule has 7 nitrogen and oxygen atoms in total. The van der Waals surface area contributed by atoms with E-state index in [0.29, 0.717) is 6.61 Å². The zero-order valence-corrected chi connectivity index (χ0v) is 12.2. The lowest BCUT2D eigenvalue weighted by molar-refractivity contribution is -0.137. The lowest BCUT2D eigenvalue weighted by Gasteiger charge is -2.05. The van der Waals surface area contributed by atoms with Crippen LogP contribution >= 0.6 is 0 Å². The van der Waals surface area contributed by atoms with Crippen LogP contribution in [0, 0.1) is 0 Å². The van der Waals surface area contributed by atoms with Gasteiger partial charge in [0, 0.05) is 6.08 Å². The average molecular weight is 285 g/mol. The van der Waals surface area contributed by atoms with E-state index in [1.54, 1.807) is 27.7 Å². The van der Waals surface area contributed by atoms with Gasteiger partial charge in [-0.1, -0.05) is 6.58 Å². The molecule has 8 heteroatoms. The minimum Gasteiger partial charge on any atom is -0.463 e. The van der Waals surface area contributed by atoms with Crippen LogP contribution in [0.4, 0.5) is 0 Å². The molecular weight excluding hydrogens is 262 g/mol. The number of rotatable bonds is 6. The van der Waals surface area contributed by atoms with Gasteiger partial charge < -0.3 is 10.9 Å². The van der Waals surface area contributed by atoms with Gasteiger partial charge in [0.15, 0.2) is 0 Å². The average Bonchev–Trinajstić information content (AvgIpc) is 2.16. The molecular formula is C10H23NO6S. The van der Waals surface area contributed by atoms with Crippen LogP contribution in [-0.2, 0) is 28.3 Å². The van der Waals surface area contributed by atoms with Gasteiger partial charge in [0.1, 0.15) is 0 Å². The lowest BCUT2D eigenvalue weighted by atomic mass is 10.5. The largest absolute Gasteiger partial charge is 0.463 e. The maximum atomic E-state index is 10.6. The molecule has 18 heavy (non-hydrogen) atoms. The summed E-state index contributed by atoms with van der Waals surface area (Å²) in [5.74, 6) is -0.359. The summed E-state index contributed by atoms with van der Waals surface area (Å²) in [5.41, 5.74) is 0. The summed E-state index contributed by atoms with van der Waals surface area (Å²) in [6.45, 7) is 10.3. The smallest absolute Gasteiger partial charge is 0.400 e. The predicted octanol–water partition coefficient (Wildman–Crippen LogP) is 1.59. The standard InChI is InChI=1S/C5H12O4S.C5H8O2.H3N/c1-4-8-10(6,7)9-5(2)3;1-3-5(6)7-4-2;/h5H,4H2,1-3H3;3H,1,4H2,2H3;1H3. The van der Waals surface area contributed by atoms with E-state index in [0.717, 1.165) is 6.08 Å². The fraction of sp³-hybridized carbons (Fsp3) is 0.700. The second-order valence-corrected chi connectivity index (χ2v) is 4.16. The molecule has 0 saturated carbocycles. The first kappa shape index (κ1) is 22.2. The number of carbonyl (C=O) groups is 1. The van der Waals surface area contributed by atoms with Crippen LogP contribution in [0.25, 0.3) is 0 Å². The molecule has 0 radical (unpaired) electrons. The van der Waals surface area contributed by atoms with Crippen molar-refractivity contribution in [1.82, 2.24) is 6.15 Å². The van der Waals surface area contributed by atoms with E-state index in [4.69, 9.17) is 0 Å². The topological polar surface area (TPSA) is 114 Å². The van der Waals surface area contributed by atoms with Gasteiger partial charge in [-0.2, -0.15) is 8.42 Å². The second kappa shape index (κ2) is 12.5. The number of ether oxygens (including phenoxy) is 1. The fourth-order valence-corrected chi connectivity index (χ4v) is 1.42. The highest BCUT2D eigenvalue weighted by molar-refractivity contribution is 7.81. The minimum absolute atomic E-state index is 0. The normalized spacial score (nSPS) is 9.83. The Morgan fingerprint density at radius 1 is 1.28 bits per heavy atom. The quantitative estimate of drug-likeness (QED) is 0.582. The van der Waals surface area contributed by atoms with E-state index in [-0.39, 0.29) is 24.8 Å². The zero-order valence-electron chi connectivity index (χ0n) is 11.3. The van der Waals surface area contributed by atoms with Crippen molar-refractivity contribution in [2.75, 3.05) is 13.2 Å². The van der Waals surface area contributed by atoms with Crippen LogP contribution < -0.4 is 6.15 Å². The predicted molar refractivity (Wildman–Crippen MR) is 68.6 cm³/mol. The monoisotopic (exact) mass is 285 g/mol. The molecule has 0 aliphatic heterocycles. The maximum absolute atomic E-state index is 10.6. The van der Waals surface area contributed by atoms with Crippen molar-refractivity contribution in [2.45, 2.75) is 33.8 Å². The molecule has 110 valence electrons. The first-order valence-corrected chi connectivity index (χ1v) is 6.49. The molecule has 0 saturated heterocycles. The summed E-state index contributed by atoms with van der Waals surface area (Å²) in [4.78, 5) is 10.1. The van der Waals surface area contributed by atoms with Crippen LogP contribution in [-0.4, -0.2) is 33.7 Å². The highest BCUT2D eigenvalue weighted by Crippen LogP contribution is 1.99. The maximum Gasteiger partial charge on any atom is 0.400 e. The number of esters is 1. The van der Waals surface area contributed by atoms with Crippen molar-refractivity contribution >= 4 is 16.4 Å². The third-order valence-electron chi connectivity index (χ3n) is 1.03. The van der Waals surface area contributed by atoms with Crippen molar-refractivity contribution in [3.8, 4) is 0 Å². The molecule has 0 amide bonds. The van der Waals surface area contributed by atoms with Gasteiger partial charge in [-0.05, 0) is 27.7 Å². The summed E-state index contributed by atoms with van der Waals surface area (Å²) >= 11 is 0. The molecule has 0 atom stereocenters. The fourth-order valence-electron chi connectivity index (χ4n) is 0.609. The molecule has 0 aliphatic carbocycles. The number of carbonyl (C=O) groups excluding carboxylic acids is 1. The molecule has 0 aromatic heterocycles. The van der Waals surface area contributed by atoms with Gasteiger partial charge in [-0.15, -0.1) is 0 Å². The van der Waals surface area contributed by atoms with Crippen LogP contribution in [0.5, 0.6) is 0 Å². The Morgan fingerprint density at radius 2 is 1.78 bits per heavy atom. The van der Waals surface area contributed by atoms with E-state index < -0.39 is 10.4 Å². The SMILES string of the molecule is C=CC(=O)OCC.CCOS(=O)(=O)OC(C)C.N. The molecule has 0 fully saturated rings. The van der Waals surface area contributed by atoms with Crippen LogP contribution in [0.2, 0.25) is 0 Å². The summed E-state index contributed by atoms with van der Waals surface area (Å²) in [5, 5.41) is 0. The second-order valence-electron chi connectivity index (χ2n) is 2.92. The van der Waals surface area contributed by atoms with Crippen molar-refractivity contribution in [3.63, 3.8) is 0 Å². The van der Waals surface area contributed by atoms with E-state index in [1.807, 2.05) is 0 Å². The molecule has 0 unspecified atom stereocenters. The Bertz CT molecular complexity index is 312. The summed E-state index contributed by atoms with van der Waals surface area (Å²) in [7, 11) is -3.73. The van der Waals surface area contributed by atoms with Crippen LogP contribution in [0.1, 0.15) is 27.7 Å². The van der Waals surface area contributed by atoms with E-state index in [2.05, 4.69) is 19.7 Å². The number of hydrogen-bond donors (Lipinski definition) is 1. The molecule has 0 aromatic carbocycles. The van der Waals surface area contributed by atoms with E-state index in [9.17, 15) is 13.2 Å². The minimum atomic E-state index is -3.73. The Morgan fingerprint density at radius 3 is 2.00 bits per heavy atom. The highest BCUT2D eigenvalue weighted by atomic mass is 32.3. The van der Waals surface area contributed by atoms with Gasteiger partial charge in [0.2, 0.25) is 0 Å². The summed E-state index contributed by atoms with van der Waals surface area (Å²) in [6, 6.07) is 0. The summed E-state index contributed by atoms with van der Waals surface area (Å²) in [6.07, 6.45) is 0.778. The zero-order chi connectivity index (χ0) is 13.9. The van der Waals surface area contributed by atoms with Crippen LogP contribution in [0.15, 0.2) is 12.7 Å². The molecule has 0 aromatic rings. The van der Waals surface area contributed by atoms with Gasteiger partial charge in [0.05, 0.1) is 19.3 Å². The van der Waals surface area contributed by atoms with Crippen molar-refractivity contribution in [2.24, 2.45) is 0 Å². The van der Waals surface area contributed by atoms with Crippen molar-refractivity contribution in [3.05, 3.63) is 12.7 Å². The van der Waals surface area contributed by atoms with E-state index in [1.165, 1.54) is 0 Å². The molecule has 0 aliphatic rings.